The van der Waals surface area contributed by atoms with Gasteiger partial charge in [-0.2, -0.15) is 0 Å². The van der Waals surface area contributed by atoms with Gasteiger partial charge in [-0.25, -0.2) is 4.39 Å². The van der Waals surface area contributed by atoms with E-state index < -0.39 is 23.6 Å². The molecule has 1 unspecified atom stereocenters. The Labute approximate surface area is 105 Å². The summed E-state index contributed by atoms with van der Waals surface area (Å²) in [5.41, 5.74) is 0.183. The monoisotopic (exact) mass is 253 g/mol. The molecule has 0 aromatic heterocycles. The largest absolute Gasteiger partial charge is 0.481 e. The van der Waals surface area contributed by atoms with Crippen LogP contribution < -0.4 is 5.32 Å². The van der Waals surface area contributed by atoms with Crippen LogP contribution in [0.2, 0.25) is 0 Å². The zero-order valence-electron chi connectivity index (χ0n) is 10.3. The topological polar surface area (TPSA) is 66.4 Å². The lowest BCUT2D eigenvalue weighted by Crippen LogP contribution is -2.35. The third-order valence-corrected chi connectivity index (χ3v) is 2.69. The van der Waals surface area contributed by atoms with Gasteiger partial charge in [0, 0.05) is 12.1 Å². The molecule has 1 rings (SSSR count). The number of carbonyl (C=O) groups excluding carboxylic acids is 1. The van der Waals surface area contributed by atoms with E-state index in [1.165, 1.54) is 18.2 Å². The maximum atomic E-state index is 12.9. The van der Waals surface area contributed by atoms with Gasteiger partial charge in [0.15, 0.2) is 0 Å². The molecule has 1 amide bonds. The van der Waals surface area contributed by atoms with Gasteiger partial charge in [-0.15, -0.1) is 0 Å². The number of carboxylic acid groups (broad SMARTS) is 1. The fourth-order valence-electron chi connectivity index (χ4n) is 1.54. The van der Waals surface area contributed by atoms with E-state index in [1.54, 1.807) is 13.8 Å². The summed E-state index contributed by atoms with van der Waals surface area (Å²) in [5.74, 6) is -2.66. The number of benzene rings is 1. The molecule has 5 heteroatoms. The van der Waals surface area contributed by atoms with Crippen molar-refractivity contribution in [2.75, 3.05) is 6.54 Å². The number of amides is 1. The van der Waals surface area contributed by atoms with E-state index in [9.17, 15) is 14.0 Å². The first kappa shape index (κ1) is 14.2. The highest BCUT2D eigenvalue weighted by atomic mass is 19.1. The second-order valence-electron chi connectivity index (χ2n) is 4.41. The van der Waals surface area contributed by atoms with Crippen molar-refractivity contribution in [3.05, 3.63) is 35.6 Å². The fourth-order valence-corrected chi connectivity index (χ4v) is 1.54. The molecule has 0 bridgehead atoms. The lowest BCUT2D eigenvalue weighted by atomic mass is 9.96. The lowest BCUT2D eigenvalue weighted by molar-refractivity contribution is -0.142. The molecular weight excluding hydrogens is 237 g/mol. The van der Waals surface area contributed by atoms with Crippen LogP contribution in [0.25, 0.3) is 0 Å². The minimum absolute atomic E-state index is 0.0301. The van der Waals surface area contributed by atoms with Crippen molar-refractivity contribution in [3.63, 3.8) is 0 Å². The summed E-state index contributed by atoms with van der Waals surface area (Å²) in [6, 6.07) is 5.26. The molecule has 0 aliphatic carbocycles. The Morgan fingerprint density at radius 1 is 1.39 bits per heavy atom. The molecule has 0 aliphatic rings. The molecule has 0 heterocycles. The number of rotatable bonds is 5. The lowest BCUT2D eigenvalue weighted by Gasteiger charge is -2.16. The van der Waals surface area contributed by atoms with Crippen molar-refractivity contribution in [1.82, 2.24) is 5.32 Å². The maximum Gasteiger partial charge on any atom is 0.308 e. The Morgan fingerprint density at radius 3 is 2.56 bits per heavy atom. The normalized spacial score (nSPS) is 12.2. The Bertz CT molecular complexity index is 446. The molecule has 0 saturated carbocycles. The highest BCUT2D eigenvalue weighted by Gasteiger charge is 2.22. The molecule has 18 heavy (non-hydrogen) atoms. The Morgan fingerprint density at radius 2 is 2.06 bits per heavy atom. The molecule has 0 fully saturated rings. The maximum absolute atomic E-state index is 12.9. The molecule has 1 atom stereocenters. The van der Waals surface area contributed by atoms with Crippen LogP contribution in [0.5, 0.6) is 0 Å². The zero-order valence-corrected chi connectivity index (χ0v) is 10.3. The van der Waals surface area contributed by atoms with Gasteiger partial charge in [-0.1, -0.05) is 19.9 Å². The first-order valence-corrected chi connectivity index (χ1v) is 5.68. The van der Waals surface area contributed by atoms with Crippen LogP contribution in [0.15, 0.2) is 24.3 Å². The second-order valence-corrected chi connectivity index (χ2v) is 4.41. The van der Waals surface area contributed by atoms with Gasteiger partial charge in [0.1, 0.15) is 5.82 Å². The van der Waals surface area contributed by atoms with Crippen molar-refractivity contribution >= 4 is 11.9 Å². The predicted molar refractivity (Wildman–Crippen MR) is 64.7 cm³/mol. The number of hydrogen-bond donors (Lipinski definition) is 2. The zero-order chi connectivity index (χ0) is 13.7. The van der Waals surface area contributed by atoms with Gasteiger partial charge in [0.2, 0.25) is 0 Å². The highest BCUT2D eigenvalue weighted by Crippen LogP contribution is 2.10. The Balaban J connectivity index is 2.63. The predicted octanol–water partition coefficient (Wildman–Crippen LogP) is 1.91. The minimum atomic E-state index is -0.954. The van der Waals surface area contributed by atoms with Gasteiger partial charge < -0.3 is 10.4 Å². The summed E-state index contributed by atoms with van der Waals surface area (Å²) in [6.07, 6.45) is 0. The molecule has 2 N–H and O–H groups in total. The Kier molecular flexibility index (Phi) is 4.83. The van der Waals surface area contributed by atoms with Crippen molar-refractivity contribution in [1.29, 1.82) is 0 Å². The van der Waals surface area contributed by atoms with Crippen LogP contribution in [0, 0.1) is 17.7 Å². The van der Waals surface area contributed by atoms with Crippen LogP contribution >= 0.6 is 0 Å². The quantitative estimate of drug-likeness (QED) is 0.842. The second kappa shape index (κ2) is 6.14. The van der Waals surface area contributed by atoms with E-state index in [4.69, 9.17) is 5.11 Å². The summed E-state index contributed by atoms with van der Waals surface area (Å²) in [5, 5.41) is 11.5. The number of carboxylic acids is 1. The van der Waals surface area contributed by atoms with Gasteiger partial charge in [-0.05, 0) is 24.1 Å². The van der Waals surface area contributed by atoms with E-state index in [2.05, 4.69) is 5.32 Å². The minimum Gasteiger partial charge on any atom is -0.481 e. The van der Waals surface area contributed by atoms with E-state index in [1.807, 2.05) is 0 Å². The third kappa shape index (κ3) is 3.84. The average molecular weight is 253 g/mol. The van der Waals surface area contributed by atoms with Crippen molar-refractivity contribution in [2.24, 2.45) is 11.8 Å². The first-order chi connectivity index (χ1) is 8.41. The van der Waals surface area contributed by atoms with Crippen molar-refractivity contribution < 1.29 is 19.1 Å². The number of aliphatic carboxylic acids is 1. The van der Waals surface area contributed by atoms with Crippen LogP contribution in [0.3, 0.4) is 0 Å². The molecule has 0 spiro atoms. The molecule has 0 saturated heterocycles. The fraction of sp³-hybridized carbons (Fsp3) is 0.385. The van der Waals surface area contributed by atoms with Crippen LogP contribution in [-0.4, -0.2) is 23.5 Å². The Hall–Kier alpha value is -1.91. The van der Waals surface area contributed by atoms with E-state index in [0.29, 0.717) is 0 Å². The molecule has 1 aromatic carbocycles. The van der Waals surface area contributed by atoms with Gasteiger partial charge >= 0.3 is 5.97 Å². The van der Waals surface area contributed by atoms with Crippen molar-refractivity contribution in [2.45, 2.75) is 13.8 Å². The van der Waals surface area contributed by atoms with Gasteiger partial charge in [0.25, 0.3) is 5.91 Å². The summed E-state index contributed by atoms with van der Waals surface area (Å²) >= 11 is 0. The molecule has 98 valence electrons. The van der Waals surface area contributed by atoms with E-state index in [0.717, 1.165) is 6.07 Å². The van der Waals surface area contributed by atoms with Crippen LogP contribution in [0.1, 0.15) is 24.2 Å². The number of carbonyl (C=O) groups is 2. The van der Waals surface area contributed by atoms with E-state index in [-0.39, 0.29) is 18.0 Å². The SMILES string of the molecule is CC(C)C(CNC(=O)c1cccc(F)c1)C(=O)O. The third-order valence-electron chi connectivity index (χ3n) is 2.69. The standard InChI is InChI=1S/C13H16FNO3/c1-8(2)11(13(17)18)7-15-12(16)9-4-3-5-10(14)6-9/h3-6,8,11H,7H2,1-2H3,(H,15,16)(H,17,18). The summed E-state index contributed by atoms with van der Waals surface area (Å²) in [6.45, 7) is 3.57. The number of nitrogens with one attached hydrogen (secondary N) is 1. The smallest absolute Gasteiger partial charge is 0.308 e. The molecular formula is C13H16FNO3. The number of hydrogen-bond acceptors (Lipinski definition) is 2. The van der Waals surface area contributed by atoms with Crippen LogP contribution in [-0.2, 0) is 4.79 Å². The van der Waals surface area contributed by atoms with Crippen molar-refractivity contribution in [3.8, 4) is 0 Å². The molecule has 0 aliphatic heterocycles. The summed E-state index contributed by atoms with van der Waals surface area (Å²) in [4.78, 5) is 22.6. The molecule has 4 nitrogen and oxygen atoms in total. The van der Waals surface area contributed by atoms with E-state index >= 15 is 0 Å². The molecule has 1 aromatic rings. The average Bonchev–Trinajstić information content (AvgIpc) is 2.28. The van der Waals surface area contributed by atoms with Gasteiger partial charge in [0.05, 0.1) is 5.92 Å². The van der Waals surface area contributed by atoms with Crippen LogP contribution in [0.4, 0.5) is 4.39 Å². The first-order valence-electron chi connectivity index (χ1n) is 5.68. The summed E-state index contributed by atoms with van der Waals surface area (Å²) < 4.78 is 12.9. The highest BCUT2D eigenvalue weighted by molar-refractivity contribution is 5.94. The molecule has 0 radical (unpaired) electrons. The summed E-state index contributed by atoms with van der Waals surface area (Å²) in [7, 11) is 0. The number of halogens is 1. The van der Waals surface area contributed by atoms with Gasteiger partial charge in [-0.3, -0.25) is 9.59 Å².